The minimum absolute atomic E-state index is 0.0147. The topological polar surface area (TPSA) is 451 Å². The van der Waals surface area contributed by atoms with Crippen LogP contribution in [-0.2, 0) is 43.1 Å². The predicted molar refractivity (Wildman–Crippen MR) is 381 cm³/mol. The number of hydrogen-bond acceptors (Lipinski definition) is 22. The van der Waals surface area contributed by atoms with Crippen LogP contribution in [0.25, 0.3) is 11.1 Å². The highest BCUT2D eigenvalue weighted by Crippen LogP contribution is 2.58. The molecule has 6 fully saturated rings. The van der Waals surface area contributed by atoms with Crippen molar-refractivity contribution in [2.75, 3.05) is 6.54 Å². The van der Waals surface area contributed by atoms with Gasteiger partial charge >= 0.3 is 6.03 Å². The third kappa shape index (κ3) is 16.1. The van der Waals surface area contributed by atoms with Crippen LogP contribution in [0.1, 0.15) is 162 Å². The fraction of sp³-hybridized carbons (Fsp3) is 0.494. The first kappa shape index (κ1) is 76.2. The lowest BCUT2D eigenvalue weighted by molar-refractivity contribution is -0.270. The van der Waals surface area contributed by atoms with Crippen molar-refractivity contribution in [3.8, 4) is 57.1 Å². The first-order chi connectivity index (χ1) is 51.0. The van der Waals surface area contributed by atoms with Crippen LogP contribution in [0.15, 0.2) is 78.9 Å². The van der Waals surface area contributed by atoms with E-state index >= 15 is 28.8 Å². The van der Waals surface area contributed by atoms with Gasteiger partial charge in [0, 0.05) is 61.4 Å². The molecule has 11 aliphatic rings. The first-order valence-corrected chi connectivity index (χ1v) is 37.1. The smallest absolute Gasteiger partial charge is 0.321 e. The molecule has 16 rings (SSSR count). The Labute approximate surface area is 624 Å². The number of ketones is 3. The number of amides is 7. The van der Waals surface area contributed by atoms with E-state index in [-0.39, 0.29) is 96.6 Å². The molecule has 14 atom stereocenters. The van der Waals surface area contributed by atoms with Gasteiger partial charge in [-0.3, -0.25) is 43.7 Å². The number of aromatic hydroxyl groups is 3. The van der Waals surface area contributed by atoms with Gasteiger partial charge in [0.2, 0.25) is 41.6 Å². The Morgan fingerprint density at radius 2 is 1.29 bits per heavy atom. The van der Waals surface area contributed by atoms with Crippen molar-refractivity contribution in [1.82, 2.24) is 31.9 Å². The zero-order valence-corrected chi connectivity index (χ0v) is 60.3. The number of halogens is 2. The molecule has 5 saturated carbocycles. The lowest BCUT2D eigenvalue weighted by Crippen LogP contribution is -2.60. The standard InChI is InChI=1S/C77H87Cl2N7O21/c1-4-34(13-31(2)3)72(99)85-64-52(90)22-41(25-60(93)82-77(103)81-42-8-9-42)73(100)83-62-40-23-57(104-55-11-6-36(66(64)94)20-48(55)78)71(107-76-70(98)69(97)68(96)59(30-80)106-76)58(24-40)105-56-12-7-37(21-49(56)79)67(95)65-75(102)84-63(54(92)28-44-38-15-32-14-33(17-38)18-39(44)16-32)47-26-43(87)27-51(89)61(47)46-19-35(5-10-50(46)88)45(29-53(62)91)74(101)86-65/h5-7,10-12,19-21,23-24,26-27,31-34,38-39,41-42,44-45,59,62-70,76,87-89,94-98H,4,8-9,13-18,22,25,28-30,80H2,1-3H3,(H,83,100)(H,84,102)(H,85,99)(H,86,101)(H2,81,82,93,103)/t32?,33?,34-,38?,39?,41+,44?,45-,59-,62-,63+,64+,65+,66-,67-,68-,69+,70-,76+/m1/s1. The van der Waals surface area contributed by atoms with E-state index in [2.05, 4.69) is 31.9 Å². The number of carbonyl (C=O) groups is 9. The molecule has 30 heteroatoms. The number of Topliss-reactive ketones (excluding diaryl/α,β-unsaturated/α-hetero) is 3. The van der Waals surface area contributed by atoms with E-state index in [1.807, 2.05) is 13.8 Å². The van der Waals surface area contributed by atoms with Crippen molar-refractivity contribution >= 4 is 76.1 Å². The van der Waals surface area contributed by atoms with Crippen LogP contribution in [0.5, 0.6) is 46.0 Å². The van der Waals surface area contributed by atoms with Gasteiger partial charge in [0.1, 0.15) is 89.5 Å². The van der Waals surface area contributed by atoms with Gasteiger partial charge in [-0.15, -0.1) is 0 Å². The average Bonchev–Trinajstić information content (AvgIpc) is 1.48. The van der Waals surface area contributed by atoms with Crippen LogP contribution in [-0.4, -0.2) is 149 Å². The Bertz CT molecular complexity index is 4330. The molecule has 6 heterocycles. The van der Waals surface area contributed by atoms with E-state index in [9.17, 15) is 55.2 Å². The van der Waals surface area contributed by atoms with Crippen molar-refractivity contribution in [3.63, 3.8) is 0 Å². The van der Waals surface area contributed by atoms with Gasteiger partial charge in [0.05, 0.1) is 21.9 Å². The molecule has 5 aromatic rings. The molecule has 6 aliphatic heterocycles. The largest absolute Gasteiger partial charge is 0.508 e. The molecule has 0 unspecified atom stereocenters. The second-order valence-electron chi connectivity index (χ2n) is 30.3. The van der Waals surface area contributed by atoms with Crippen LogP contribution >= 0.6 is 23.2 Å². The summed E-state index contributed by atoms with van der Waals surface area (Å²) in [7, 11) is 0. The van der Waals surface area contributed by atoms with Crippen molar-refractivity contribution < 1.29 is 103 Å². The van der Waals surface area contributed by atoms with Crippen LogP contribution in [0.4, 0.5) is 4.79 Å². The molecule has 107 heavy (non-hydrogen) atoms. The van der Waals surface area contributed by atoms with Gasteiger partial charge in [-0.05, 0) is 176 Å². The maximum atomic E-state index is 16.4. The van der Waals surface area contributed by atoms with Gasteiger partial charge in [-0.25, -0.2) is 4.79 Å². The number of benzene rings is 5. The van der Waals surface area contributed by atoms with E-state index in [4.69, 9.17) is 47.9 Å². The summed E-state index contributed by atoms with van der Waals surface area (Å²) in [5, 5.41) is 109. The number of phenols is 3. The van der Waals surface area contributed by atoms with Crippen LogP contribution < -0.4 is 51.8 Å². The number of ether oxygens (including phenoxy) is 4. The minimum atomic E-state index is -2.17. The Morgan fingerprint density at radius 3 is 1.90 bits per heavy atom. The Kier molecular flexibility index (Phi) is 22.3. The van der Waals surface area contributed by atoms with Crippen molar-refractivity contribution in [3.05, 3.63) is 117 Å². The number of hydrogen-bond donors (Lipinski definition) is 15. The maximum Gasteiger partial charge on any atom is 0.321 e. The number of urea groups is 1. The van der Waals surface area contributed by atoms with Crippen molar-refractivity contribution in [2.24, 2.45) is 53.1 Å². The summed E-state index contributed by atoms with van der Waals surface area (Å²) >= 11 is 14.3. The first-order valence-electron chi connectivity index (χ1n) is 36.4. The van der Waals surface area contributed by atoms with Gasteiger partial charge in [-0.2, -0.15) is 0 Å². The third-order valence-corrected chi connectivity index (χ3v) is 23.0. The van der Waals surface area contributed by atoms with Gasteiger partial charge in [0.15, 0.2) is 28.8 Å². The summed E-state index contributed by atoms with van der Waals surface area (Å²) in [5.74, 6) is -15.3. The zero-order valence-electron chi connectivity index (χ0n) is 58.7. The minimum Gasteiger partial charge on any atom is -0.508 e. The highest BCUT2D eigenvalue weighted by Gasteiger charge is 2.51. The molecule has 15 bridgehead atoms. The van der Waals surface area contributed by atoms with Crippen LogP contribution in [0.2, 0.25) is 10.0 Å². The van der Waals surface area contributed by atoms with Crippen LogP contribution in [0, 0.1) is 47.3 Å². The van der Waals surface area contributed by atoms with Crippen molar-refractivity contribution in [2.45, 2.75) is 183 Å². The number of aliphatic hydroxyl groups excluding tert-OH is 5. The number of aliphatic hydroxyl groups is 5. The maximum absolute atomic E-state index is 16.4. The summed E-state index contributed by atoms with van der Waals surface area (Å²) in [6.45, 7) is 5.10. The summed E-state index contributed by atoms with van der Waals surface area (Å²) in [5.41, 5.74) is 4.55. The fourth-order valence-electron chi connectivity index (χ4n) is 16.9. The number of imide groups is 1. The molecule has 5 aromatic carbocycles. The van der Waals surface area contributed by atoms with Gasteiger partial charge in [0.25, 0.3) is 0 Å². The summed E-state index contributed by atoms with van der Waals surface area (Å²) in [4.78, 5) is 136. The molecular formula is C77H87Cl2N7O21. The number of nitrogens with one attached hydrogen (secondary N) is 6. The predicted octanol–water partition coefficient (Wildman–Crippen LogP) is 6.70. The monoisotopic (exact) mass is 1520 g/mol. The summed E-state index contributed by atoms with van der Waals surface area (Å²) < 4.78 is 25.7. The SMILES string of the molecule is CC[C@H](CC(C)C)C(=O)N[C@H]1C(=O)C[C@@H](CC(=O)NC(=O)NC2CC2)C(=O)N[C@H]2C(=O)C[C@H]3C(=O)N[C@H](C(=O)N[C@H](C(=O)CC4C5CC6CC(C5)CC4C6)c4cc(O)cc(O)c4-c4cc3ccc4O)[C@H](O)c3ccc(c(Cl)c3)Oc3cc2cc(c3O[C@@H]2O[C@H](CN)[C@@H](O)[C@H](O)[C@H]2O)Oc2ccc(cc2Cl)[C@H]1O. The normalized spacial score (nSPS) is 30.0. The quantitative estimate of drug-likeness (QED) is 0.0550. The fourth-order valence-corrected chi connectivity index (χ4v) is 17.4. The number of carbonyl (C=O) groups excluding carboxylic acids is 9. The van der Waals surface area contributed by atoms with Crippen molar-refractivity contribution in [1.29, 1.82) is 0 Å². The number of phenolic OH excluding ortho intramolecular Hbond substituents is 3. The molecular weight excluding hydrogens is 1430 g/mol. The summed E-state index contributed by atoms with van der Waals surface area (Å²) in [6.07, 6.45) is -9.64. The zero-order chi connectivity index (χ0) is 76.3. The van der Waals surface area contributed by atoms with E-state index < -0.39 is 198 Å². The number of rotatable bonds is 14. The molecule has 16 N–H and O–H groups in total. The second-order valence-corrected chi connectivity index (χ2v) is 31.2. The summed E-state index contributed by atoms with van der Waals surface area (Å²) in [6, 6.07) is 6.26. The molecule has 570 valence electrons. The average molecular weight is 1520 g/mol. The van der Waals surface area contributed by atoms with Crippen LogP contribution in [0.3, 0.4) is 0 Å². The van der Waals surface area contributed by atoms with Gasteiger partial charge < -0.3 is 92.1 Å². The molecule has 5 aliphatic carbocycles. The molecule has 0 spiro atoms. The van der Waals surface area contributed by atoms with E-state index in [0.29, 0.717) is 37.5 Å². The van der Waals surface area contributed by atoms with E-state index in [1.165, 1.54) is 48.5 Å². The Morgan fingerprint density at radius 1 is 0.654 bits per heavy atom. The molecule has 28 nitrogen and oxygen atoms in total. The lowest BCUT2D eigenvalue weighted by atomic mass is 9.51. The molecule has 1 saturated heterocycles. The Hall–Kier alpha value is -8.97. The number of fused-ring (bicyclic) bond motifs is 15. The lowest BCUT2D eigenvalue weighted by Gasteiger charge is -2.54. The molecule has 0 radical (unpaired) electrons. The van der Waals surface area contributed by atoms with Gasteiger partial charge in [-0.1, -0.05) is 62.2 Å². The highest BCUT2D eigenvalue weighted by atomic mass is 35.5. The van der Waals surface area contributed by atoms with E-state index in [0.717, 1.165) is 62.4 Å². The number of nitrogens with two attached hydrogens (primary N) is 1. The molecule has 7 amide bonds. The Balaban J connectivity index is 1.00. The second kappa shape index (κ2) is 31.3. The molecule has 0 aromatic heterocycles. The third-order valence-electron chi connectivity index (χ3n) is 22.4. The van der Waals surface area contributed by atoms with E-state index in [1.54, 1.807) is 6.92 Å². The highest BCUT2D eigenvalue weighted by molar-refractivity contribution is 6.32.